The number of nitrogens with one attached hydrogen (secondary N) is 1. The molecule has 1 aromatic heterocycles. The summed E-state index contributed by atoms with van der Waals surface area (Å²) < 4.78 is 0. The third-order valence-electron chi connectivity index (χ3n) is 9.33. The predicted molar refractivity (Wildman–Crippen MR) is 186 cm³/mol. The molecule has 0 spiro atoms. The normalized spacial score (nSPS) is 15.0. The smallest absolute Gasteiger partial charge is 0.246 e. The van der Waals surface area contributed by atoms with Crippen LogP contribution in [0.2, 0.25) is 0 Å². The number of aromatic nitrogens is 1. The van der Waals surface area contributed by atoms with Gasteiger partial charge in [-0.1, -0.05) is 78.9 Å². The Bertz CT molecular complexity index is 1690. The molecular weight excluding hydrogens is 586 g/mol. The molecule has 3 N–H and O–H groups in total. The lowest BCUT2D eigenvalue weighted by molar-refractivity contribution is -0.146. The van der Waals surface area contributed by atoms with E-state index < -0.39 is 12.1 Å². The molecule has 8 nitrogen and oxygen atoms in total. The summed E-state index contributed by atoms with van der Waals surface area (Å²) in [5.74, 6) is -0.824. The van der Waals surface area contributed by atoms with E-state index in [1.54, 1.807) is 26.5 Å². The summed E-state index contributed by atoms with van der Waals surface area (Å²) in [4.78, 5) is 48.8. The van der Waals surface area contributed by atoms with Crippen molar-refractivity contribution in [1.29, 1.82) is 0 Å². The highest BCUT2D eigenvalue weighted by molar-refractivity contribution is 5.95. The van der Waals surface area contributed by atoms with Crippen molar-refractivity contribution in [3.63, 3.8) is 0 Å². The monoisotopic (exact) mass is 631 g/mol. The zero-order valence-electron chi connectivity index (χ0n) is 27.3. The molecule has 0 unspecified atom stereocenters. The van der Waals surface area contributed by atoms with Crippen molar-refractivity contribution in [2.45, 2.75) is 62.6 Å². The number of fused-ring (bicyclic) bond motifs is 1. The lowest BCUT2D eigenvalue weighted by Crippen LogP contribution is -2.56. The Labute approximate surface area is 277 Å². The predicted octanol–water partition coefficient (Wildman–Crippen LogP) is 4.86. The Kier molecular flexibility index (Phi) is 11.2. The average Bonchev–Trinajstić information content (AvgIpc) is 3.08. The zero-order chi connectivity index (χ0) is 33.2. The van der Waals surface area contributed by atoms with Crippen LogP contribution in [-0.2, 0) is 33.6 Å². The Morgan fingerprint density at radius 1 is 0.830 bits per heavy atom. The molecule has 0 saturated heterocycles. The van der Waals surface area contributed by atoms with Gasteiger partial charge in [-0.15, -0.1) is 0 Å². The molecule has 1 fully saturated rings. The standard InChI is InChI=1S/C39H45N5O3/c1-43(36(45)14-8-20-39(40)21-9-22-39)35(28-31-15-16-32-12-6-7-13-33(32)26-31)38(47)44(2)34(27-30-10-4-3-5-11-30)37(46)42-25-19-29-17-23-41-24-18-29/h3-8,10-18,23-24,26,34-35H,9,19-22,25,27-28,40H2,1-2H3,(H,42,46)/t34-,35-/m1/s1. The topological polar surface area (TPSA) is 109 Å². The van der Waals surface area contributed by atoms with Crippen molar-refractivity contribution >= 4 is 28.5 Å². The third-order valence-corrected chi connectivity index (χ3v) is 9.33. The second kappa shape index (κ2) is 15.6. The molecule has 0 aliphatic heterocycles. The molecule has 2 atom stereocenters. The van der Waals surface area contributed by atoms with Gasteiger partial charge in [-0.2, -0.15) is 0 Å². The van der Waals surface area contributed by atoms with Crippen LogP contribution in [0.15, 0.2) is 109 Å². The van der Waals surface area contributed by atoms with Crippen LogP contribution in [0, 0.1) is 0 Å². The van der Waals surface area contributed by atoms with Crippen LogP contribution in [0.25, 0.3) is 10.8 Å². The zero-order valence-corrected chi connectivity index (χ0v) is 27.3. The highest BCUT2D eigenvalue weighted by Crippen LogP contribution is 2.32. The Hall–Kier alpha value is -4.82. The number of benzene rings is 3. The summed E-state index contributed by atoms with van der Waals surface area (Å²) in [6, 6.07) is 26.0. The lowest BCUT2D eigenvalue weighted by atomic mass is 9.75. The van der Waals surface area contributed by atoms with E-state index in [2.05, 4.69) is 16.4 Å². The fourth-order valence-electron chi connectivity index (χ4n) is 6.11. The number of hydrogen-bond acceptors (Lipinski definition) is 5. The lowest BCUT2D eigenvalue weighted by Gasteiger charge is -2.37. The quantitative estimate of drug-likeness (QED) is 0.193. The van der Waals surface area contributed by atoms with Crippen LogP contribution in [0.5, 0.6) is 0 Å². The minimum atomic E-state index is -0.836. The summed E-state index contributed by atoms with van der Waals surface area (Å²) in [6.45, 7) is 0.419. The van der Waals surface area contributed by atoms with Crippen molar-refractivity contribution in [3.8, 4) is 0 Å². The minimum Gasteiger partial charge on any atom is -0.354 e. The highest BCUT2D eigenvalue weighted by atomic mass is 16.2. The molecule has 1 aliphatic carbocycles. The Balaban J connectivity index is 1.38. The number of rotatable bonds is 14. The molecule has 47 heavy (non-hydrogen) atoms. The van der Waals surface area contributed by atoms with E-state index in [0.717, 1.165) is 46.7 Å². The van der Waals surface area contributed by atoms with Gasteiger partial charge in [0.2, 0.25) is 17.7 Å². The molecule has 0 radical (unpaired) electrons. The van der Waals surface area contributed by atoms with Gasteiger partial charge in [0.1, 0.15) is 12.1 Å². The van der Waals surface area contributed by atoms with E-state index in [-0.39, 0.29) is 23.3 Å². The molecule has 4 aromatic rings. The second-order valence-electron chi connectivity index (χ2n) is 12.7. The number of carbonyl (C=O) groups excluding carboxylic acids is 3. The van der Waals surface area contributed by atoms with E-state index in [0.29, 0.717) is 32.2 Å². The van der Waals surface area contributed by atoms with Gasteiger partial charge in [-0.3, -0.25) is 19.4 Å². The van der Waals surface area contributed by atoms with Crippen LogP contribution in [0.1, 0.15) is 42.4 Å². The van der Waals surface area contributed by atoms with Crippen molar-refractivity contribution in [2.24, 2.45) is 5.73 Å². The third kappa shape index (κ3) is 8.92. The number of pyridine rings is 1. The highest BCUT2D eigenvalue weighted by Gasteiger charge is 2.35. The Morgan fingerprint density at radius 3 is 2.21 bits per heavy atom. The molecule has 8 heteroatoms. The van der Waals surface area contributed by atoms with Crippen molar-refractivity contribution in [2.75, 3.05) is 20.6 Å². The summed E-state index contributed by atoms with van der Waals surface area (Å²) in [6.07, 6.45) is 11.7. The molecule has 3 amide bonds. The van der Waals surface area contributed by atoms with Gasteiger partial charge in [0, 0.05) is 51.4 Å². The molecule has 244 valence electrons. The first-order valence-corrected chi connectivity index (χ1v) is 16.4. The van der Waals surface area contributed by atoms with Crippen molar-refractivity contribution in [3.05, 3.63) is 126 Å². The maximum Gasteiger partial charge on any atom is 0.246 e. The average molecular weight is 632 g/mol. The van der Waals surface area contributed by atoms with Crippen LogP contribution in [-0.4, -0.2) is 70.8 Å². The molecular formula is C39H45N5O3. The minimum absolute atomic E-state index is 0.245. The fourth-order valence-corrected chi connectivity index (χ4v) is 6.11. The summed E-state index contributed by atoms with van der Waals surface area (Å²) in [5.41, 5.74) is 9.06. The van der Waals surface area contributed by atoms with Crippen LogP contribution in [0.3, 0.4) is 0 Å². The fraction of sp³-hybridized carbons (Fsp3) is 0.333. The number of hydrogen-bond donors (Lipinski definition) is 2. The first-order chi connectivity index (χ1) is 22.7. The van der Waals surface area contributed by atoms with Gasteiger partial charge in [-0.05, 0) is 77.8 Å². The second-order valence-corrected chi connectivity index (χ2v) is 12.7. The van der Waals surface area contributed by atoms with Gasteiger partial charge in [0.25, 0.3) is 0 Å². The van der Waals surface area contributed by atoms with Gasteiger partial charge in [0.15, 0.2) is 0 Å². The summed E-state index contributed by atoms with van der Waals surface area (Å²) in [5, 5.41) is 5.20. The van der Waals surface area contributed by atoms with Crippen LogP contribution < -0.4 is 11.1 Å². The van der Waals surface area contributed by atoms with E-state index in [9.17, 15) is 14.4 Å². The van der Waals surface area contributed by atoms with Crippen molar-refractivity contribution in [1.82, 2.24) is 20.1 Å². The van der Waals surface area contributed by atoms with Gasteiger partial charge < -0.3 is 20.9 Å². The first kappa shape index (κ1) is 33.5. The van der Waals surface area contributed by atoms with E-state index in [1.165, 1.54) is 15.9 Å². The molecule has 0 bridgehead atoms. The number of likely N-dealkylation sites (N-methyl/N-ethyl adjacent to an activating group) is 2. The summed E-state index contributed by atoms with van der Waals surface area (Å²) >= 11 is 0. The largest absolute Gasteiger partial charge is 0.354 e. The number of amides is 3. The maximum atomic E-state index is 14.5. The number of nitrogens with zero attached hydrogens (tertiary/aromatic N) is 3. The SMILES string of the molecule is CN(C(=O)C=CCC1(N)CCC1)[C@H](Cc1ccc2ccccc2c1)C(=O)N(C)[C@H](Cc1ccccc1)C(=O)NCCc1ccncc1. The van der Waals surface area contributed by atoms with Crippen LogP contribution in [0.4, 0.5) is 0 Å². The summed E-state index contributed by atoms with van der Waals surface area (Å²) in [7, 11) is 3.32. The number of nitrogens with two attached hydrogens (primary N) is 1. The first-order valence-electron chi connectivity index (χ1n) is 16.4. The van der Waals surface area contributed by atoms with Gasteiger partial charge >= 0.3 is 0 Å². The molecule has 1 heterocycles. The Morgan fingerprint density at radius 2 is 1.51 bits per heavy atom. The van der Waals surface area contributed by atoms with Gasteiger partial charge in [-0.25, -0.2) is 0 Å². The number of carbonyl (C=O) groups is 3. The molecule has 1 saturated carbocycles. The molecule has 1 aliphatic rings. The van der Waals surface area contributed by atoms with Crippen LogP contribution >= 0.6 is 0 Å². The molecule has 5 rings (SSSR count). The van der Waals surface area contributed by atoms with Gasteiger partial charge in [0.05, 0.1) is 0 Å². The van der Waals surface area contributed by atoms with E-state index >= 15 is 0 Å². The van der Waals surface area contributed by atoms with Crippen molar-refractivity contribution < 1.29 is 14.4 Å². The van der Waals surface area contributed by atoms with E-state index in [4.69, 9.17) is 5.73 Å². The molecule has 3 aromatic carbocycles. The van der Waals surface area contributed by atoms with E-state index in [1.807, 2.05) is 84.9 Å². The maximum absolute atomic E-state index is 14.5.